The van der Waals surface area contributed by atoms with Gasteiger partial charge in [-0.05, 0) is 15.9 Å². The maximum Gasteiger partial charge on any atom is 0.161 e. The number of nitrogens with two attached hydrogens (primary N) is 1. The molecule has 0 radical (unpaired) electrons. The Morgan fingerprint density at radius 3 is 2.20 bits per heavy atom. The van der Waals surface area contributed by atoms with Gasteiger partial charge in [0.05, 0.1) is 0 Å². The Labute approximate surface area is 37.8 Å². The third-order valence-corrected chi connectivity index (χ3v) is 0.259. The number of hydrogen-bond acceptors (Lipinski definition) is 2. The molecule has 0 rings (SSSR count). The summed E-state index contributed by atoms with van der Waals surface area (Å²) in [7, 11) is 0. The van der Waals surface area contributed by atoms with Gasteiger partial charge in [-0.3, -0.25) is 0 Å². The summed E-state index contributed by atoms with van der Waals surface area (Å²) in [5.74, 6) is 1.39. The second-order valence-corrected chi connectivity index (χ2v) is 1.30. The highest BCUT2D eigenvalue weighted by molar-refractivity contribution is 9.11. The average Bonchev–Trinajstić information content (AvgIpc) is 1.38. The molecular formula is C2H2BrNO. The molecule has 0 saturated heterocycles. The van der Waals surface area contributed by atoms with Crippen molar-refractivity contribution in [1.82, 2.24) is 0 Å². The van der Waals surface area contributed by atoms with Gasteiger partial charge in [-0.25, -0.2) is 4.79 Å². The first-order chi connectivity index (χ1) is 2.27. The highest BCUT2D eigenvalue weighted by Gasteiger charge is 1.66. The molecule has 0 fully saturated rings. The molecule has 28 valence electrons. The third-order valence-electron chi connectivity index (χ3n) is 0.0975. The normalized spacial score (nSPS) is 5.80. The lowest BCUT2D eigenvalue weighted by molar-refractivity contribution is 0.568. The Kier molecular flexibility index (Phi) is 1.89. The van der Waals surface area contributed by atoms with Gasteiger partial charge in [-0.15, -0.1) is 0 Å². The van der Waals surface area contributed by atoms with Crippen LogP contribution >= 0.6 is 15.9 Å². The molecule has 2 nitrogen and oxygen atoms in total. The summed E-state index contributed by atoms with van der Waals surface area (Å²) in [6.07, 6.45) is 0. The zero-order valence-corrected chi connectivity index (χ0v) is 3.95. The molecule has 0 aliphatic carbocycles. The van der Waals surface area contributed by atoms with Crippen LogP contribution in [0.25, 0.3) is 0 Å². The third kappa shape index (κ3) is 3.73. The Morgan fingerprint density at radius 1 is 2.00 bits per heavy atom. The predicted molar refractivity (Wildman–Crippen MR) is 22.3 cm³/mol. The lowest BCUT2D eigenvalue weighted by Crippen LogP contribution is -1.84. The minimum Gasteiger partial charge on any atom is -0.384 e. The molecule has 5 heavy (non-hydrogen) atoms. The smallest absolute Gasteiger partial charge is 0.161 e. The van der Waals surface area contributed by atoms with Crippen LogP contribution in [-0.4, -0.2) is 5.94 Å². The van der Waals surface area contributed by atoms with Crippen LogP contribution in [0, 0.1) is 0 Å². The van der Waals surface area contributed by atoms with Gasteiger partial charge < -0.3 is 5.73 Å². The standard InChI is InChI=1S/C2H2BrNO/c3-2(4)1-5/h4H2. The second-order valence-electron chi connectivity index (χ2n) is 0.450. The van der Waals surface area contributed by atoms with Crippen molar-refractivity contribution in [2.24, 2.45) is 5.73 Å². The van der Waals surface area contributed by atoms with E-state index < -0.39 is 0 Å². The molecule has 0 heterocycles. The van der Waals surface area contributed by atoms with Crippen molar-refractivity contribution in [3.05, 3.63) is 4.61 Å². The van der Waals surface area contributed by atoms with E-state index in [2.05, 4.69) is 15.9 Å². The summed E-state index contributed by atoms with van der Waals surface area (Å²) < 4.78 is 0.0116. The molecular weight excluding hydrogens is 134 g/mol. The summed E-state index contributed by atoms with van der Waals surface area (Å²) in [4.78, 5) is 9.17. The van der Waals surface area contributed by atoms with E-state index in [0.29, 0.717) is 0 Å². The average molecular weight is 136 g/mol. The Balaban J connectivity index is 3.60. The zero-order chi connectivity index (χ0) is 4.28. The van der Waals surface area contributed by atoms with Crippen molar-refractivity contribution in [3.8, 4) is 0 Å². The topological polar surface area (TPSA) is 43.1 Å². The van der Waals surface area contributed by atoms with Gasteiger partial charge in [0, 0.05) is 0 Å². The van der Waals surface area contributed by atoms with Crippen LogP contribution in [0.2, 0.25) is 0 Å². The van der Waals surface area contributed by atoms with E-state index in [1.165, 1.54) is 5.94 Å². The molecule has 0 aromatic heterocycles. The van der Waals surface area contributed by atoms with Crippen molar-refractivity contribution in [3.63, 3.8) is 0 Å². The fourth-order valence-corrected chi connectivity index (χ4v) is 0. The van der Waals surface area contributed by atoms with Crippen LogP contribution in [0.3, 0.4) is 0 Å². The fourth-order valence-electron chi connectivity index (χ4n) is 0. The predicted octanol–water partition coefficient (Wildman–Crippen LogP) is 0.0130. The summed E-state index contributed by atoms with van der Waals surface area (Å²) >= 11 is 2.64. The van der Waals surface area contributed by atoms with E-state index in [0.717, 1.165) is 0 Å². The van der Waals surface area contributed by atoms with Crippen LogP contribution in [0.4, 0.5) is 0 Å². The summed E-state index contributed by atoms with van der Waals surface area (Å²) in [5.41, 5.74) is 4.70. The van der Waals surface area contributed by atoms with Gasteiger partial charge in [0.2, 0.25) is 0 Å². The van der Waals surface area contributed by atoms with E-state index in [4.69, 9.17) is 5.73 Å². The molecule has 0 unspecified atom stereocenters. The van der Waals surface area contributed by atoms with Crippen molar-refractivity contribution >= 4 is 21.9 Å². The number of halogens is 1. The van der Waals surface area contributed by atoms with E-state index in [9.17, 15) is 4.79 Å². The van der Waals surface area contributed by atoms with Crippen LogP contribution in [0.5, 0.6) is 0 Å². The molecule has 0 aromatic carbocycles. The van der Waals surface area contributed by atoms with E-state index in [-0.39, 0.29) is 4.61 Å². The summed E-state index contributed by atoms with van der Waals surface area (Å²) in [5, 5.41) is 0. The molecule has 0 atom stereocenters. The number of rotatable bonds is 0. The largest absolute Gasteiger partial charge is 0.384 e. The first kappa shape index (κ1) is 4.73. The molecule has 0 aromatic rings. The van der Waals surface area contributed by atoms with Gasteiger partial charge in [0.1, 0.15) is 0 Å². The first-order valence-corrected chi connectivity index (χ1v) is 1.72. The second kappa shape index (κ2) is 2.00. The van der Waals surface area contributed by atoms with Crippen LogP contribution in [0.1, 0.15) is 0 Å². The maximum atomic E-state index is 9.17. The van der Waals surface area contributed by atoms with Crippen molar-refractivity contribution in [2.75, 3.05) is 0 Å². The zero-order valence-electron chi connectivity index (χ0n) is 2.36. The van der Waals surface area contributed by atoms with Crippen LogP contribution in [-0.2, 0) is 4.79 Å². The minimum atomic E-state index is 0.0116. The number of hydrogen-bond donors (Lipinski definition) is 1. The quantitative estimate of drug-likeness (QED) is 0.376. The Bertz CT molecular complexity index is 69.7. The van der Waals surface area contributed by atoms with Gasteiger partial charge in [-0.1, -0.05) is 0 Å². The molecule has 0 aliphatic heterocycles. The van der Waals surface area contributed by atoms with Gasteiger partial charge >= 0.3 is 0 Å². The molecule has 0 aliphatic rings. The van der Waals surface area contributed by atoms with Crippen molar-refractivity contribution < 1.29 is 4.79 Å². The first-order valence-electron chi connectivity index (χ1n) is 0.932. The molecule has 3 heteroatoms. The lowest BCUT2D eigenvalue weighted by atomic mass is 11.1. The van der Waals surface area contributed by atoms with E-state index in [1.807, 2.05) is 0 Å². The van der Waals surface area contributed by atoms with Crippen LogP contribution < -0.4 is 5.73 Å². The molecule has 0 spiro atoms. The lowest BCUT2D eigenvalue weighted by Gasteiger charge is -1.62. The fraction of sp³-hybridized carbons (Fsp3) is 0. The van der Waals surface area contributed by atoms with E-state index in [1.54, 1.807) is 0 Å². The highest BCUT2D eigenvalue weighted by atomic mass is 79.9. The molecule has 0 bridgehead atoms. The number of carbonyl (C=O) groups excluding carboxylic acids is 1. The monoisotopic (exact) mass is 135 g/mol. The van der Waals surface area contributed by atoms with Crippen molar-refractivity contribution in [1.29, 1.82) is 0 Å². The molecule has 0 saturated carbocycles. The van der Waals surface area contributed by atoms with Crippen LogP contribution in [0.15, 0.2) is 4.61 Å². The summed E-state index contributed by atoms with van der Waals surface area (Å²) in [6, 6.07) is 0. The van der Waals surface area contributed by atoms with Crippen molar-refractivity contribution in [2.45, 2.75) is 0 Å². The van der Waals surface area contributed by atoms with Gasteiger partial charge in [0.25, 0.3) is 0 Å². The Hall–Kier alpha value is -0.270. The van der Waals surface area contributed by atoms with Gasteiger partial charge in [-0.2, -0.15) is 0 Å². The maximum absolute atomic E-state index is 9.17. The Morgan fingerprint density at radius 2 is 2.20 bits per heavy atom. The minimum absolute atomic E-state index is 0.0116. The highest BCUT2D eigenvalue weighted by Crippen LogP contribution is 1.81. The van der Waals surface area contributed by atoms with E-state index >= 15 is 0 Å². The molecule has 2 N–H and O–H groups in total. The molecule has 0 amide bonds. The SMILES string of the molecule is NC(Br)=C=O. The summed E-state index contributed by atoms with van der Waals surface area (Å²) in [6.45, 7) is 0. The van der Waals surface area contributed by atoms with Gasteiger partial charge in [0.15, 0.2) is 10.5 Å².